The number of hydrogen-bond donors (Lipinski definition) is 1. The summed E-state index contributed by atoms with van der Waals surface area (Å²) >= 11 is 9.04. The normalized spacial score (nSPS) is 13.8. The number of nitrogens with one attached hydrogen (secondary N) is 1. The van der Waals surface area contributed by atoms with Crippen LogP contribution in [0, 0.1) is 6.92 Å². The highest BCUT2D eigenvalue weighted by Gasteiger charge is 2.30. The highest BCUT2D eigenvalue weighted by molar-refractivity contribution is 7.99. The molecule has 4 rings (SSSR count). The van der Waals surface area contributed by atoms with Crippen molar-refractivity contribution in [3.63, 3.8) is 0 Å². The minimum Gasteiger partial charge on any atom is -0.325 e. The van der Waals surface area contributed by atoms with Crippen LogP contribution in [0.4, 0.5) is 5.69 Å². The smallest absolute Gasteiger partial charge is 0.234 e. The van der Waals surface area contributed by atoms with Crippen LogP contribution in [0.5, 0.6) is 0 Å². The maximum atomic E-state index is 12.3. The third-order valence-corrected chi connectivity index (χ3v) is 6.16. The summed E-state index contributed by atoms with van der Waals surface area (Å²) in [4.78, 5) is 13.4. The van der Waals surface area contributed by atoms with Gasteiger partial charge in [0.25, 0.3) is 0 Å². The molecule has 134 valence electrons. The maximum absolute atomic E-state index is 12.3. The number of hydrogen-bond acceptors (Lipinski definition) is 5. The number of aryl methyl sites for hydroxylation is 1. The molecule has 8 heteroatoms. The molecule has 1 aliphatic rings. The van der Waals surface area contributed by atoms with Gasteiger partial charge in [-0.1, -0.05) is 29.4 Å². The van der Waals surface area contributed by atoms with Gasteiger partial charge < -0.3 is 5.32 Å². The van der Waals surface area contributed by atoms with E-state index in [1.54, 1.807) is 17.4 Å². The zero-order chi connectivity index (χ0) is 18.1. The minimum absolute atomic E-state index is 0.0663. The number of aromatic nitrogens is 3. The predicted octanol–water partition coefficient (Wildman–Crippen LogP) is 5.03. The molecule has 5 nitrogen and oxygen atoms in total. The summed E-state index contributed by atoms with van der Waals surface area (Å²) in [6.07, 6.45) is 2.28. The van der Waals surface area contributed by atoms with E-state index in [0.29, 0.717) is 11.1 Å². The van der Waals surface area contributed by atoms with E-state index in [0.717, 1.165) is 40.0 Å². The molecule has 1 fully saturated rings. The lowest BCUT2D eigenvalue weighted by Crippen LogP contribution is -2.15. The summed E-state index contributed by atoms with van der Waals surface area (Å²) in [6.45, 7) is 1.92. The average Bonchev–Trinajstić information content (AvgIpc) is 3.14. The number of anilines is 1. The van der Waals surface area contributed by atoms with Gasteiger partial charge >= 0.3 is 0 Å². The number of thioether (sulfide) groups is 1. The van der Waals surface area contributed by atoms with Gasteiger partial charge in [0.1, 0.15) is 0 Å². The molecule has 1 saturated carbocycles. The fraction of sp³-hybridized carbons (Fsp3) is 0.278. The van der Waals surface area contributed by atoms with E-state index in [2.05, 4.69) is 26.1 Å². The monoisotopic (exact) mass is 404 g/mol. The molecule has 0 radical (unpaired) electrons. The Bertz CT molecular complexity index is 935. The highest BCUT2D eigenvalue weighted by Crippen LogP contribution is 2.41. The van der Waals surface area contributed by atoms with Crippen LogP contribution >= 0.6 is 34.7 Å². The second-order valence-corrected chi connectivity index (χ2v) is 8.51. The Morgan fingerprint density at radius 3 is 2.92 bits per heavy atom. The van der Waals surface area contributed by atoms with Gasteiger partial charge in [0.05, 0.1) is 10.6 Å². The zero-order valence-electron chi connectivity index (χ0n) is 14.1. The molecule has 1 N–H and O–H groups in total. The van der Waals surface area contributed by atoms with Crippen LogP contribution in [0.25, 0.3) is 10.7 Å². The van der Waals surface area contributed by atoms with E-state index in [-0.39, 0.29) is 11.7 Å². The number of carbonyl (C=O) groups excluding carboxylic acids is 1. The lowest BCUT2D eigenvalue weighted by atomic mass is 10.2. The molecule has 0 atom stereocenters. The molecular formula is C18H17ClN4OS2. The standard InChI is InChI=1S/C18H17ClN4OS2/c1-11-9-12(19)4-7-14(11)20-16(24)10-26-18-22-21-17(15-3-2-8-25-15)23(18)13-5-6-13/h2-4,7-9,13H,5-6,10H2,1H3,(H,20,24). The third-order valence-electron chi connectivity index (χ3n) is 4.11. The quantitative estimate of drug-likeness (QED) is 0.585. The summed E-state index contributed by atoms with van der Waals surface area (Å²) < 4.78 is 2.18. The summed E-state index contributed by atoms with van der Waals surface area (Å²) in [5.74, 6) is 1.12. The molecule has 0 spiro atoms. The van der Waals surface area contributed by atoms with Gasteiger partial charge in [-0.05, 0) is 55.0 Å². The van der Waals surface area contributed by atoms with Crippen molar-refractivity contribution in [2.24, 2.45) is 0 Å². The highest BCUT2D eigenvalue weighted by atomic mass is 35.5. The maximum Gasteiger partial charge on any atom is 0.234 e. The van der Waals surface area contributed by atoms with Crippen molar-refractivity contribution >= 4 is 46.3 Å². The van der Waals surface area contributed by atoms with Crippen LogP contribution in [0.2, 0.25) is 5.02 Å². The fourth-order valence-corrected chi connectivity index (χ4v) is 4.43. The van der Waals surface area contributed by atoms with Crippen LogP contribution < -0.4 is 5.32 Å². The van der Waals surface area contributed by atoms with Crippen LogP contribution in [0.1, 0.15) is 24.4 Å². The van der Waals surface area contributed by atoms with Gasteiger partial charge in [0.2, 0.25) is 5.91 Å². The topological polar surface area (TPSA) is 59.8 Å². The molecule has 26 heavy (non-hydrogen) atoms. The molecule has 0 unspecified atom stereocenters. The van der Waals surface area contributed by atoms with E-state index < -0.39 is 0 Å². The molecule has 0 bridgehead atoms. The number of rotatable bonds is 6. The molecule has 1 amide bonds. The molecule has 2 aromatic heterocycles. The molecule has 3 aromatic rings. The predicted molar refractivity (Wildman–Crippen MR) is 107 cm³/mol. The van der Waals surface area contributed by atoms with E-state index in [9.17, 15) is 4.79 Å². The Morgan fingerprint density at radius 1 is 1.38 bits per heavy atom. The minimum atomic E-state index is -0.0663. The van der Waals surface area contributed by atoms with Crippen molar-refractivity contribution in [2.45, 2.75) is 31.0 Å². The van der Waals surface area contributed by atoms with Gasteiger partial charge in [-0.25, -0.2) is 0 Å². The molecular weight excluding hydrogens is 388 g/mol. The van der Waals surface area contributed by atoms with Crippen LogP contribution in [0.15, 0.2) is 40.9 Å². The second-order valence-electron chi connectivity index (χ2n) is 6.18. The van der Waals surface area contributed by atoms with Crippen LogP contribution in [-0.4, -0.2) is 26.4 Å². The van der Waals surface area contributed by atoms with Gasteiger partial charge in [-0.3, -0.25) is 9.36 Å². The SMILES string of the molecule is Cc1cc(Cl)ccc1NC(=O)CSc1nnc(-c2cccs2)n1C1CC1. The Balaban J connectivity index is 1.45. The Morgan fingerprint density at radius 2 is 2.23 bits per heavy atom. The van der Waals surface area contributed by atoms with Crippen LogP contribution in [-0.2, 0) is 4.79 Å². The first-order valence-electron chi connectivity index (χ1n) is 8.29. The van der Waals surface area contributed by atoms with E-state index in [1.807, 2.05) is 30.5 Å². The van der Waals surface area contributed by atoms with Gasteiger partial charge in [0, 0.05) is 16.8 Å². The van der Waals surface area contributed by atoms with Crippen molar-refractivity contribution in [2.75, 3.05) is 11.1 Å². The number of nitrogens with zero attached hydrogens (tertiary/aromatic N) is 3. The summed E-state index contributed by atoms with van der Waals surface area (Å²) in [7, 11) is 0. The first kappa shape index (κ1) is 17.6. The number of halogens is 1. The van der Waals surface area contributed by atoms with Crippen molar-refractivity contribution in [1.82, 2.24) is 14.8 Å². The van der Waals surface area contributed by atoms with Crippen molar-refractivity contribution in [3.8, 4) is 10.7 Å². The van der Waals surface area contributed by atoms with Crippen LogP contribution in [0.3, 0.4) is 0 Å². The van der Waals surface area contributed by atoms with Gasteiger partial charge in [-0.2, -0.15) is 0 Å². The number of thiophene rings is 1. The molecule has 1 aliphatic carbocycles. The molecule has 0 saturated heterocycles. The average molecular weight is 405 g/mol. The summed E-state index contributed by atoms with van der Waals surface area (Å²) in [5.41, 5.74) is 1.72. The Kier molecular flexibility index (Phi) is 5.02. The first-order chi connectivity index (χ1) is 12.6. The molecule has 2 heterocycles. The largest absolute Gasteiger partial charge is 0.325 e. The lowest BCUT2D eigenvalue weighted by molar-refractivity contribution is -0.113. The molecule has 0 aliphatic heterocycles. The Labute approximate surface area is 164 Å². The first-order valence-corrected chi connectivity index (χ1v) is 10.5. The molecule has 1 aromatic carbocycles. The van der Waals surface area contributed by atoms with Crippen molar-refractivity contribution < 1.29 is 4.79 Å². The van der Waals surface area contributed by atoms with E-state index in [1.165, 1.54) is 11.8 Å². The lowest BCUT2D eigenvalue weighted by Gasteiger charge is -2.09. The number of amides is 1. The van der Waals surface area contributed by atoms with Crippen molar-refractivity contribution in [3.05, 3.63) is 46.3 Å². The third kappa shape index (κ3) is 3.79. The zero-order valence-corrected chi connectivity index (χ0v) is 16.5. The Hall–Kier alpha value is -1.83. The summed E-state index contributed by atoms with van der Waals surface area (Å²) in [5, 5.41) is 15.1. The second kappa shape index (κ2) is 7.42. The summed E-state index contributed by atoms with van der Waals surface area (Å²) in [6, 6.07) is 9.95. The van der Waals surface area contributed by atoms with E-state index >= 15 is 0 Å². The van der Waals surface area contributed by atoms with Crippen molar-refractivity contribution in [1.29, 1.82) is 0 Å². The van der Waals surface area contributed by atoms with E-state index in [4.69, 9.17) is 11.6 Å². The van der Waals surface area contributed by atoms with Gasteiger partial charge in [0.15, 0.2) is 11.0 Å². The number of carbonyl (C=O) groups is 1. The fourth-order valence-electron chi connectivity index (χ4n) is 2.69. The number of benzene rings is 1. The van der Waals surface area contributed by atoms with Gasteiger partial charge in [-0.15, -0.1) is 21.5 Å².